The number of carboxylic acid groups (broad SMARTS) is 2. The van der Waals surface area contributed by atoms with Crippen LogP contribution in [0, 0.1) is 0 Å². The number of benzene rings is 2. The van der Waals surface area contributed by atoms with Crippen LogP contribution < -0.4 is 38.1 Å². The second kappa shape index (κ2) is 20.6. The summed E-state index contributed by atoms with van der Waals surface area (Å²) in [7, 11) is 1.96. The summed E-state index contributed by atoms with van der Waals surface area (Å²) in [6, 6.07) is 5.49. The van der Waals surface area contributed by atoms with Gasteiger partial charge in [0, 0.05) is 30.8 Å². The predicted octanol–water partition coefficient (Wildman–Crippen LogP) is -1.85. The molecule has 6 amide bonds. The minimum Gasteiger partial charge on any atom is -0.508 e. The predicted molar refractivity (Wildman–Crippen MR) is 193 cm³/mol. The number of primary amides is 1. The molecule has 6 atom stereocenters. The van der Waals surface area contributed by atoms with Crippen LogP contribution in [0.25, 0.3) is 0 Å². The Morgan fingerprint density at radius 3 is 1.72 bits per heavy atom. The molecule has 20 heteroatoms. The van der Waals surface area contributed by atoms with E-state index in [4.69, 9.17) is 11.5 Å². The number of aromatic hydroxyl groups is 1. The van der Waals surface area contributed by atoms with Gasteiger partial charge in [0.1, 0.15) is 36.0 Å². The molecule has 2 aromatic carbocycles. The van der Waals surface area contributed by atoms with Gasteiger partial charge >= 0.3 is 11.9 Å². The SMILES string of the molecule is NC(=O)CC1NC(=O)C(CCC(=O)O)NC(=O)C(Cc2ccccc2)NC(=O)C(Cc2ccc(O)cc2)NC(=O)C(N)CSSCC(C(=O)O)NC1=O. The summed E-state index contributed by atoms with van der Waals surface area (Å²) in [5, 5.41) is 41.0. The number of carbonyl (C=O) groups is 8. The van der Waals surface area contributed by atoms with Gasteiger partial charge in [0.25, 0.3) is 0 Å². The first-order valence-electron chi connectivity index (χ1n) is 16.2. The fourth-order valence-electron chi connectivity index (χ4n) is 4.94. The Morgan fingerprint density at radius 1 is 0.660 bits per heavy atom. The lowest BCUT2D eigenvalue weighted by molar-refractivity contribution is -0.141. The first kappa shape index (κ1) is 42.1. The number of carbonyl (C=O) groups excluding carboxylic acids is 6. The second-order valence-corrected chi connectivity index (χ2v) is 14.5. The van der Waals surface area contributed by atoms with Gasteiger partial charge in [-0.05, 0) is 29.7 Å². The summed E-state index contributed by atoms with van der Waals surface area (Å²) in [5.41, 5.74) is 12.5. The number of carboxylic acids is 2. The van der Waals surface area contributed by atoms with Gasteiger partial charge in [-0.15, -0.1) is 0 Å². The molecule has 1 aliphatic heterocycles. The molecule has 0 radical (unpaired) electrons. The third-order valence-electron chi connectivity index (χ3n) is 7.76. The van der Waals surface area contributed by atoms with Gasteiger partial charge in [-0.2, -0.15) is 0 Å². The summed E-state index contributed by atoms with van der Waals surface area (Å²) in [6.45, 7) is 0. The molecule has 0 aliphatic carbocycles. The topological polar surface area (TPSA) is 309 Å². The fourth-order valence-corrected chi connectivity index (χ4v) is 7.22. The van der Waals surface area contributed by atoms with Crippen molar-refractivity contribution in [1.82, 2.24) is 26.6 Å². The quantitative estimate of drug-likeness (QED) is 0.119. The van der Waals surface area contributed by atoms with Crippen molar-refractivity contribution in [2.24, 2.45) is 11.5 Å². The number of phenols is 1. The number of phenolic OH excluding ortho intramolecular Hbond substituents is 1. The summed E-state index contributed by atoms with van der Waals surface area (Å²) in [5.74, 6) is -8.87. The van der Waals surface area contributed by atoms with Crippen molar-refractivity contribution < 1.29 is 53.7 Å². The Balaban J connectivity index is 2.05. The standard InChI is InChI=1S/C33H41N7O11S2/c34-20-15-52-53-16-25(33(50)51)40-32(49)24(14-26(35)42)39-29(46)21(10-11-27(43)44)36-30(47)23(12-17-4-2-1-3-5-17)38-31(48)22(37-28(20)45)13-18-6-8-19(41)9-7-18/h1-9,20-25,41H,10-16,34H2,(H2,35,42)(H,36,47)(H,37,45)(H,38,48)(H,39,46)(H,40,49)(H,43,44)(H,50,51). The van der Waals surface area contributed by atoms with Crippen LogP contribution in [0.5, 0.6) is 5.75 Å². The second-order valence-electron chi connectivity index (χ2n) is 12.0. The summed E-state index contributed by atoms with van der Waals surface area (Å²) >= 11 is 0. The van der Waals surface area contributed by atoms with Crippen LogP contribution in [0.1, 0.15) is 30.4 Å². The number of hydrogen-bond acceptors (Lipinski definition) is 12. The highest BCUT2D eigenvalue weighted by atomic mass is 33.1. The van der Waals surface area contributed by atoms with E-state index in [1.54, 1.807) is 30.3 Å². The molecule has 1 heterocycles. The molecule has 0 aromatic heterocycles. The van der Waals surface area contributed by atoms with E-state index in [-0.39, 0.29) is 30.1 Å². The summed E-state index contributed by atoms with van der Waals surface area (Å²) in [6.07, 6.45) is -2.12. The molecule has 12 N–H and O–H groups in total. The molecule has 18 nitrogen and oxygen atoms in total. The van der Waals surface area contributed by atoms with Gasteiger partial charge in [-0.25, -0.2) is 4.79 Å². The van der Waals surface area contributed by atoms with Gasteiger partial charge in [0.2, 0.25) is 35.4 Å². The Kier molecular flexibility index (Phi) is 16.4. The molecule has 1 fully saturated rings. The molecule has 0 saturated carbocycles. The van der Waals surface area contributed by atoms with Crippen molar-refractivity contribution in [3.05, 3.63) is 65.7 Å². The van der Waals surface area contributed by atoms with E-state index >= 15 is 0 Å². The molecule has 2 aromatic rings. The third-order valence-corrected chi connectivity index (χ3v) is 10.2. The zero-order chi connectivity index (χ0) is 39.1. The van der Waals surface area contributed by atoms with Crippen molar-refractivity contribution >= 4 is 69.0 Å². The minimum atomic E-state index is -1.72. The van der Waals surface area contributed by atoms with Gasteiger partial charge in [-0.1, -0.05) is 64.1 Å². The normalized spacial score (nSPS) is 24.0. The number of nitrogens with one attached hydrogen (secondary N) is 5. The van der Waals surface area contributed by atoms with Crippen molar-refractivity contribution in [1.29, 1.82) is 0 Å². The molecule has 0 bridgehead atoms. The van der Waals surface area contributed by atoms with E-state index in [1.165, 1.54) is 24.3 Å². The van der Waals surface area contributed by atoms with E-state index in [9.17, 15) is 53.7 Å². The highest BCUT2D eigenvalue weighted by Crippen LogP contribution is 2.23. The van der Waals surface area contributed by atoms with Crippen LogP contribution in [-0.2, 0) is 51.2 Å². The highest BCUT2D eigenvalue weighted by Gasteiger charge is 2.34. The van der Waals surface area contributed by atoms with Crippen LogP contribution in [0.3, 0.4) is 0 Å². The maximum atomic E-state index is 13.9. The van der Waals surface area contributed by atoms with Crippen LogP contribution in [0.15, 0.2) is 54.6 Å². The van der Waals surface area contributed by atoms with Crippen molar-refractivity contribution in [3.8, 4) is 5.75 Å². The first-order valence-corrected chi connectivity index (χ1v) is 18.7. The van der Waals surface area contributed by atoms with E-state index in [2.05, 4.69) is 26.6 Å². The first-order chi connectivity index (χ1) is 25.1. The Bertz CT molecular complexity index is 1650. The van der Waals surface area contributed by atoms with Crippen molar-refractivity contribution in [2.45, 2.75) is 68.4 Å². The summed E-state index contributed by atoms with van der Waals surface area (Å²) in [4.78, 5) is 103. The molecule has 3 rings (SSSR count). The molecular weight excluding hydrogens is 735 g/mol. The van der Waals surface area contributed by atoms with Crippen LogP contribution in [0.2, 0.25) is 0 Å². The number of hydrogen-bond donors (Lipinski definition) is 10. The lowest BCUT2D eigenvalue weighted by Crippen LogP contribution is -2.60. The van der Waals surface area contributed by atoms with E-state index < -0.39 is 103 Å². The molecule has 1 aliphatic rings. The van der Waals surface area contributed by atoms with Gasteiger partial charge in [0.15, 0.2) is 0 Å². The van der Waals surface area contributed by atoms with Gasteiger partial charge < -0.3 is 53.4 Å². The van der Waals surface area contributed by atoms with Gasteiger partial charge in [0.05, 0.1) is 12.5 Å². The van der Waals surface area contributed by atoms with Crippen molar-refractivity contribution in [3.63, 3.8) is 0 Å². The molecule has 6 unspecified atom stereocenters. The summed E-state index contributed by atoms with van der Waals surface area (Å²) < 4.78 is 0. The molecular formula is C33H41N7O11S2. The average Bonchev–Trinajstić information content (AvgIpc) is 3.10. The van der Waals surface area contributed by atoms with Crippen LogP contribution in [-0.4, -0.2) is 110 Å². The molecule has 53 heavy (non-hydrogen) atoms. The smallest absolute Gasteiger partial charge is 0.327 e. The Labute approximate surface area is 311 Å². The zero-order valence-electron chi connectivity index (χ0n) is 28.2. The Morgan fingerprint density at radius 2 is 1.15 bits per heavy atom. The number of amides is 6. The van der Waals surface area contributed by atoms with Crippen molar-refractivity contribution in [2.75, 3.05) is 11.5 Å². The number of rotatable bonds is 10. The van der Waals surface area contributed by atoms with E-state index in [0.717, 1.165) is 21.6 Å². The molecule has 1 saturated heterocycles. The monoisotopic (exact) mass is 775 g/mol. The third kappa shape index (κ3) is 14.3. The Hall–Kier alpha value is -5.34. The number of nitrogens with two attached hydrogens (primary N) is 2. The number of aliphatic carboxylic acids is 2. The zero-order valence-corrected chi connectivity index (χ0v) is 29.8. The maximum Gasteiger partial charge on any atom is 0.327 e. The van der Waals surface area contributed by atoms with Gasteiger partial charge in [-0.3, -0.25) is 33.6 Å². The van der Waals surface area contributed by atoms with Crippen LogP contribution >= 0.6 is 21.6 Å². The average molecular weight is 776 g/mol. The minimum absolute atomic E-state index is 0.0401. The fraction of sp³-hybridized carbons (Fsp3) is 0.394. The highest BCUT2D eigenvalue weighted by molar-refractivity contribution is 8.76. The maximum absolute atomic E-state index is 13.9. The molecule has 286 valence electrons. The van der Waals surface area contributed by atoms with E-state index in [1.807, 2.05) is 0 Å². The van der Waals surface area contributed by atoms with E-state index in [0.29, 0.717) is 11.1 Å². The lowest BCUT2D eigenvalue weighted by Gasteiger charge is -2.27. The van der Waals surface area contributed by atoms with Crippen LogP contribution in [0.4, 0.5) is 0 Å². The largest absolute Gasteiger partial charge is 0.508 e. The lowest BCUT2D eigenvalue weighted by atomic mass is 10.0. The molecule has 0 spiro atoms.